The Hall–Kier alpha value is -3.88. The van der Waals surface area contributed by atoms with Crippen molar-refractivity contribution < 1.29 is 33.4 Å². The summed E-state index contributed by atoms with van der Waals surface area (Å²) in [6.45, 7) is 2.30. The number of hydrogen-bond donors (Lipinski definition) is 1. The number of methoxy groups -OCH3 is 3. The molecule has 0 radical (unpaired) electrons. The van der Waals surface area contributed by atoms with Gasteiger partial charge in [0.15, 0.2) is 11.5 Å². The number of nitrogens with zero attached hydrogens (tertiary/aromatic N) is 1. The van der Waals surface area contributed by atoms with Crippen molar-refractivity contribution in [3.8, 4) is 11.5 Å². The van der Waals surface area contributed by atoms with Gasteiger partial charge in [0.2, 0.25) is 0 Å². The summed E-state index contributed by atoms with van der Waals surface area (Å²) in [4.78, 5) is 51.5. The first-order valence-corrected chi connectivity index (χ1v) is 10.0. The SMILES string of the molecule is CCCCN1C(=O)c2ccc(C(=O)Nc3cc(OC)c(OC)cc3C(=O)OC)cc2C1=O. The molecule has 0 unspecified atom stereocenters. The number of ether oxygens (including phenoxy) is 3. The third-order valence-electron chi connectivity index (χ3n) is 5.15. The second kappa shape index (κ2) is 9.51. The molecule has 0 bridgehead atoms. The van der Waals surface area contributed by atoms with Crippen LogP contribution in [-0.4, -0.2) is 56.5 Å². The molecular weight excluding hydrogens is 416 g/mol. The summed E-state index contributed by atoms with van der Waals surface area (Å²) >= 11 is 0. The average Bonchev–Trinajstić information content (AvgIpc) is 3.05. The number of imide groups is 1. The highest BCUT2D eigenvalue weighted by Gasteiger charge is 2.35. The van der Waals surface area contributed by atoms with Crippen LogP contribution in [0.1, 0.15) is 61.2 Å². The first-order valence-electron chi connectivity index (χ1n) is 10.0. The molecule has 1 aliphatic heterocycles. The van der Waals surface area contributed by atoms with Crippen LogP contribution in [-0.2, 0) is 4.74 Å². The number of esters is 1. The van der Waals surface area contributed by atoms with Crippen LogP contribution in [0, 0.1) is 0 Å². The molecule has 3 rings (SSSR count). The molecule has 0 saturated heterocycles. The quantitative estimate of drug-likeness (QED) is 0.496. The van der Waals surface area contributed by atoms with Gasteiger partial charge >= 0.3 is 5.97 Å². The molecule has 0 atom stereocenters. The molecule has 3 amide bonds. The fraction of sp³-hybridized carbons (Fsp3) is 0.304. The summed E-state index contributed by atoms with van der Waals surface area (Å²) in [7, 11) is 4.07. The Balaban J connectivity index is 1.93. The molecule has 0 spiro atoms. The maximum absolute atomic E-state index is 12.9. The van der Waals surface area contributed by atoms with Crippen molar-refractivity contribution in [3.63, 3.8) is 0 Å². The number of rotatable bonds is 8. The molecule has 9 nitrogen and oxygen atoms in total. The fourth-order valence-electron chi connectivity index (χ4n) is 3.41. The maximum Gasteiger partial charge on any atom is 0.340 e. The third kappa shape index (κ3) is 4.14. The summed E-state index contributed by atoms with van der Waals surface area (Å²) in [5.41, 5.74) is 0.819. The summed E-state index contributed by atoms with van der Waals surface area (Å²) < 4.78 is 15.2. The van der Waals surface area contributed by atoms with E-state index >= 15 is 0 Å². The van der Waals surface area contributed by atoms with E-state index in [1.807, 2.05) is 6.92 Å². The van der Waals surface area contributed by atoms with Crippen molar-refractivity contribution in [3.05, 3.63) is 52.6 Å². The number of unbranched alkanes of at least 4 members (excludes halogenated alkanes) is 1. The number of nitrogens with one attached hydrogen (secondary N) is 1. The third-order valence-corrected chi connectivity index (χ3v) is 5.15. The smallest absolute Gasteiger partial charge is 0.340 e. The van der Waals surface area contributed by atoms with Gasteiger partial charge in [0.25, 0.3) is 17.7 Å². The monoisotopic (exact) mass is 440 g/mol. The number of anilines is 1. The van der Waals surface area contributed by atoms with Crippen LogP contribution in [0.25, 0.3) is 0 Å². The largest absolute Gasteiger partial charge is 0.493 e. The Bertz CT molecular complexity index is 1090. The van der Waals surface area contributed by atoms with Crippen molar-refractivity contribution in [1.82, 2.24) is 4.90 Å². The van der Waals surface area contributed by atoms with Gasteiger partial charge in [-0.1, -0.05) is 13.3 Å². The normalized spacial score (nSPS) is 12.4. The van der Waals surface area contributed by atoms with E-state index in [1.54, 1.807) is 0 Å². The summed E-state index contributed by atoms with van der Waals surface area (Å²) in [6.07, 6.45) is 1.54. The highest BCUT2D eigenvalue weighted by molar-refractivity contribution is 6.22. The van der Waals surface area contributed by atoms with Crippen LogP contribution in [0.5, 0.6) is 11.5 Å². The van der Waals surface area contributed by atoms with Gasteiger partial charge in [0.1, 0.15) is 0 Å². The van der Waals surface area contributed by atoms with Crippen LogP contribution >= 0.6 is 0 Å². The molecule has 1 aliphatic rings. The summed E-state index contributed by atoms with van der Waals surface area (Å²) in [6, 6.07) is 7.15. The van der Waals surface area contributed by atoms with E-state index in [4.69, 9.17) is 14.2 Å². The highest BCUT2D eigenvalue weighted by Crippen LogP contribution is 2.34. The molecule has 0 saturated carbocycles. The highest BCUT2D eigenvalue weighted by atomic mass is 16.5. The Morgan fingerprint density at radius 3 is 2.22 bits per heavy atom. The van der Waals surface area contributed by atoms with Gasteiger partial charge in [-0.15, -0.1) is 0 Å². The molecule has 0 fully saturated rings. The molecule has 1 heterocycles. The van der Waals surface area contributed by atoms with Crippen LogP contribution in [0.15, 0.2) is 30.3 Å². The van der Waals surface area contributed by atoms with Crippen molar-refractivity contribution in [2.45, 2.75) is 19.8 Å². The molecule has 2 aromatic carbocycles. The minimum Gasteiger partial charge on any atom is -0.493 e. The van der Waals surface area contributed by atoms with Gasteiger partial charge in [0, 0.05) is 24.2 Å². The van der Waals surface area contributed by atoms with Gasteiger partial charge in [-0.2, -0.15) is 0 Å². The average molecular weight is 440 g/mol. The topological polar surface area (TPSA) is 111 Å². The molecule has 0 aromatic heterocycles. The van der Waals surface area contributed by atoms with Crippen molar-refractivity contribution >= 4 is 29.4 Å². The van der Waals surface area contributed by atoms with E-state index in [1.165, 1.54) is 56.6 Å². The van der Waals surface area contributed by atoms with Gasteiger partial charge in [-0.05, 0) is 24.6 Å². The second-order valence-electron chi connectivity index (χ2n) is 7.07. The van der Waals surface area contributed by atoms with Crippen molar-refractivity contribution in [2.75, 3.05) is 33.2 Å². The van der Waals surface area contributed by atoms with E-state index in [-0.39, 0.29) is 33.8 Å². The lowest BCUT2D eigenvalue weighted by Crippen LogP contribution is -2.30. The number of carbonyl (C=O) groups excluding carboxylic acids is 4. The van der Waals surface area contributed by atoms with Gasteiger partial charge in [-0.25, -0.2) is 4.79 Å². The van der Waals surface area contributed by atoms with E-state index < -0.39 is 17.8 Å². The molecule has 2 aromatic rings. The van der Waals surface area contributed by atoms with Gasteiger partial charge < -0.3 is 19.5 Å². The standard InChI is InChI=1S/C23H24N2O7/c1-5-6-9-25-21(27)14-8-7-13(10-15(14)22(25)28)20(26)24-17-12-19(31-3)18(30-2)11-16(17)23(29)32-4/h7-8,10-12H,5-6,9H2,1-4H3,(H,24,26). The molecule has 1 N–H and O–H groups in total. The van der Waals surface area contributed by atoms with E-state index in [2.05, 4.69) is 5.32 Å². The summed E-state index contributed by atoms with van der Waals surface area (Å²) in [5.74, 6) is -1.44. The van der Waals surface area contributed by atoms with Gasteiger partial charge in [0.05, 0.1) is 43.7 Å². The molecular formula is C23H24N2O7. The van der Waals surface area contributed by atoms with Gasteiger partial charge in [-0.3, -0.25) is 19.3 Å². The zero-order valence-electron chi connectivity index (χ0n) is 18.3. The Morgan fingerprint density at radius 1 is 0.938 bits per heavy atom. The zero-order chi connectivity index (χ0) is 23.4. The minimum absolute atomic E-state index is 0.0663. The van der Waals surface area contributed by atoms with Crippen molar-refractivity contribution in [2.24, 2.45) is 0 Å². The van der Waals surface area contributed by atoms with Crippen LogP contribution in [0.3, 0.4) is 0 Å². The maximum atomic E-state index is 12.9. The summed E-state index contributed by atoms with van der Waals surface area (Å²) in [5, 5.41) is 2.65. The number of amides is 3. The predicted octanol–water partition coefficient (Wildman–Crippen LogP) is 3.14. The molecule has 32 heavy (non-hydrogen) atoms. The lowest BCUT2D eigenvalue weighted by Gasteiger charge is -2.15. The van der Waals surface area contributed by atoms with Crippen LogP contribution < -0.4 is 14.8 Å². The number of carbonyl (C=O) groups is 4. The lowest BCUT2D eigenvalue weighted by atomic mass is 10.0. The Morgan fingerprint density at radius 2 is 1.59 bits per heavy atom. The second-order valence-corrected chi connectivity index (χ2v) is 7.07. The first-order chi connectivity index (χ1) is 15.4. The predicted molar refractivity (Wildman–Crippen MR) is 116 cm³/mol. The van der Waals surface area contributed by atoms with Crippen LogP contribution in [0.4, 0.5) is 5.69 Å². The molecule has 168 valence electrons. The van der Waals surface area contributed by atoms with E-state index in [0.29, 0.717) is 24.5 Å². The molecule has 0 aliphatic carbocycles. The van der Waals surface area contributed by atoms with Crippen molar-refractivity contribution in [1.29, 1.82) is 0 Å². The van der Waals surface area contributed by atoms with Crippen LogP contribution in [0.2, 0.25) is 0 Å². The Labute approximate surface area is 185 Å². The molecule has 9 heteroatoms. The Kier molecular flexibility index (Phi) is 6.77. The number of fused-ring (bicyclic) bond motifs is 1. The number of benzene rings is 2. The minimum atomic E-state index is -0.678. The van der Waals surface area contributed by atoms with E-state index in [9.17, 15) is 19.2 Å². The van der Waals surface area contributed by atoms with E-state index in [0.717, 1.165) is 6.42 Å². The zero-order valence-corrected chi connectivity index (χ0v) is 18.3. The first kappa shape index (κ1) is 22.8. The number of hydrogen-bond acceptors (Lipinski definition) is 7. The lowest BCUT2D eigenvalue weighted by molar-refractivity contribution is 0.0599. The fourth-order valence-corrected chi connectivity index (χ4v) is 3.41.